The van der Waals surface area contributed by atoms with Crippen molar-refractivity contribution in [2.45, 2.75) is 20.0 Å². The fraction of sp³-hybridized carbons (Fsp3) is 0.214. The third-order valence-electron chi connectivity index (χ3n) is 2.75. The van der Waals surface area contributed by atoms with Gasteiger partial charge in [0.25, 0.3) is 0 Å². The Hall–Kier alpha value is -2.14. The summed E-state index contributed by atoms with van der Waals surface area (Å²) >= 11 is 0. The van der Waals surface area contributed by atoms with E-state index in [2.05, 4.69) is 5.32 Å². The number of primary amides is 1. The highest BCUT2D eigenvalue weighted by molar-refractivity contribution is 5.92. The van der Waals surface area contributed by atoms with E-state index in [-0.39, 0.29) is 5.56 Å². The molecule has 2 aromatic rings. The molecular formula is C14H15FN2O2. The van der Waals surface area contributed by atoms with Crippen molar-refractivity contribution in [1.29, 1.82) is 0 Å². The van der Waals surface area contributed by atoms with E-state index in [9.17, 15) is 9.18 Å². The summed E-state index contributed by atoms with van der Waals surface area (Å²) in [6.45, 7) is 2.74. The maximum Gasteiger partial charge on any atom is 0.248 e. The minimum absolute atomic E-state index is 0.169. The standard InChI is InChI=1S/C14H15FN2O2/c1-9-2-5-12(19-9)8-17-7-11-4-3-10(14(16)18)6-13(11)15/h2-6,17H,7-8H2,1H3,(H2,16,18). The Bertz CT molecular complexity index is 593. The summed E-state index contributed by atoms with van der Waals surface area (Å²) < 4.78 is 19.1. The van der Waals surface area contributed by atoms with E-state index in [1.807, 2.05) is 19.1 Å². The molecule has 0 unspecified atom stereocenters. The van der Waals surface area contributed by atoms with Crippen molar-refractivity contribution in [2.24, 2.45) is 5.73 Å². The molecule has 0 fully saturated rings. The van der Waals surface area contributed by atoms with Gasteiger partial charge in [0, 0.05) is 17.7 Å². The average Bonchev–Trinajstić information content (AvgIpc) is 2.77. The van der Waals surface area contributed by atoms with Crippen LogP contribution in [0.2, 0.25) is 0 Å². The third kappa shape index (κ3) is 3.42. The van der Waals surface area contributed by atoms with Gasteiger partial charge in [-0.05, 0) is 31.2 Å². The number of aryl methyl sites for hydroxylation is 1. The molecule has 0 spiro atoms. The molecule has 0 aliphatic heterocycles. The van der Waals surface area contributed by atoms with E-state index in [0.29, 0.717) is 18.7 Å². The fourth-order valence-electron chi connectivity index (χ4n) is 1.74. The van der Waals surface area contributed by atoms with Crippen LogP contribution in [0.15, 0.2) is 34.7 Å². The molecule has 0 saturated carbocycles. The number of carbonyl (C=O) groups excluding carboxylic acids is 1. The monoisotopic (exact) mass is 262 g/mol. The highest BCUT2D eigenvalue weighted by Gasteiger charge is 2.07. The fourth-order valence-corrected chi connectivity index (χ4v) is 1.74. The van der Waals surface area contributed by atoms with Gasteiger partial charge in [-0.1, -0.05) is 6.07 Å². The van der Waals surface area contributed by atoms with Crippen LogP contribution in [0.3, 0.4) is 0 Å². The first-order chi connectivity index (χ1) is 9.06. The van der Waals surface area contributed by atoms with Crippen molar-refractivity contribution in [2.75, 3.05) is 0 Å². The predicted molar refractivity (Wildman–Crippen MR) is 68.9 cm³/mol. The first-order valence-corrected chi connectivity index (χ1v) is 5.90. The number of furan rings is 1. The number of hydrogen-bond donors (Lipinski definition) is 2. The molecule has 4 nitrogen and oxygen atoms in total. The number of halogens is 1. The SMILES string of the molecule is Cc1ccc(CNCc2ccc(C(N)=O)cc2F)o1. The Morgan fingerprint density at radius 1 is 1.32 bits per heavy atom. The van der Waals surface area contributed by atoms with Gasteiger partial charge in [0.2, 0.25) is 5.91 Å². The van der Waals surface area contributed by atoms with Gasteiger partial charge in [-0.25, -0.2) is 4.39 Å². The number of hydrogen-bond acceptors (Lipinski definition) is 3. The second-order valence-electron chi connectivity index (χ2n) is 4.29. The summed E-state index contributed by atoms with van der Waals surface area (Å²) in [5.41, 5.74) is 5.73. The van der Waals surface area contributed by atoms with Crippen LogP contribution in [0.25, 0.3) is 0 Å². The molecule has 19 heavy (non-hydrogen) atoms. The number of carbonyl (C=O) groups is 1. The molecule has 5 heteroatoms. The zero-order valence-corrected chi connectivity index (χ0v) is 10.6. The van der Waals surface area contributed by atoms with Crippen LogP contribution in [0.5, 0.6) is 0 Å². The molecule has 0 aliphatic rings. The Kier molecular flexibility index (Phi) is 3.97. The van der Waals surface area contributed by atoms with Crippen molar-refractivity contribution >= 4 is 5.91 Å². The van der Waals surface area contributed by atoms with Crippen LogP contribution in [0.4, 0.5) is 4.39 Å². The predicted octanol–water partition coefficient (Wildman–Crippen LogP) is 2.12. The van der Waals surface area contributed by atoms with Gasteiger partial charge in [0.1, 0.15) is 17.3 Å². The van der Waals surface area contributed by atoms with E-state index in [0.717, 1.165) is 17.6 Å². The lowest BCUT2D eigenvalue weighted by atomic mass is 10.1. The van der Waals surface area contributed by atoms with Crippen LogP contribution < -0.4 is 11.1 Å². The molecule has 1 aromatic heterocycles. The van der Waals surface area contributed by atoms with Gasteiger partial charge in [-0.3, -0.25) is 4.79 Å². The Morgan fingerprint density at radius 2 is 2.11 bits per heavy atom. The van der Waals surface area contributed by atoms with Gasteiger partial charge in [-0.2, -0.15) is 0 Å². The minimum Gasteiger partial charge on any atom is -0.465 e. The van der Waals surface area contributed by atoms with Crippen molar-refractivity contribution < 1.29 is 13.6 Å². The lowest BCUT2D eigenvalue weighted by Gasteiger charge is -2.05. The molecule has 100 valence electrons. The summed E-state index contributed by atoms with van der Waals surface area (Å²) in [6.07, 6.45) is 0. The summed E-state index contributed by atoms with van der Waals surface area (Å²) in [5, 5.41) is 3.07. The molecule has 0 bridgehead atoms. The van der Waals surface area contributed by atoms with E-state index >= 15 is 0 Å². The van der Waals surface area contributed by atoms with Gasteiger partial charge < -0.3 is 15.5 Å². The topological polar surface area (TPSA) is 68.3 Å². The van der Waals surface area contributed by atoms with Crippen molar-refractivity contribution in [3.05, 3.63) is 58.8 Å². The third-order valence-corrected chi connectivity index (χ3v) is 2.75. The quantitative estimate of drug-likeness (QED) is 0.867. The van der Waals surface area contributed by atoms with Crippen molar-refractivity contribution in [3.63, 3.8) is 0 Å². The highest BCUT2D eigenvalue weighted by Crippen LogP contribution is 2.11. The highest BCUT2D eigenvalue weighted by atomic mass is 19.1. The number of nitrogens with two attached hydrogens (primary N) is 1. The molecule has 1 aromatic carbocycles. The van der Waals surface area contributed by atoms with Gasteiger partial charge >= 0.3 is 0 Å². The van der Waals surface area contributed by atoms with E-state index in [4.69, 9.17) is 10.2 Å². The van der Waals surface area contributed by atoms with Crippen LogP contribution in [0, 0.1) is 12.7 Å². The maximum atomic E-state index is 13.7. The van der Waals surface area contributed by atoms with Gasteiger partial charge in [-0.15, -0.1) is 0 Å². The lowest BCUT2D eigenvalue weighted by Crippen LogP contribution is -2.15. The first-order valence-electron chi connectivity index (χ1n) is 5.90. The van der Waals surface area contributed by atoms with Crippen LogP contribution in [-0.2, 0) is 13.1 Å². The molecule has 2 rings (SSSR count). The largest absolute Gasteiger partial charge is 0.465 e. The normalized spacial score (nSPS) is 10.6. The molecule has 0 saturated heterocycles. The summed E-state index contributed by atoms with van der Waals surface area (Å²) in [6, 6.07) is 7.96. The minimum atomic E-state index is -0.635. The van der Waals surface area contributed by atoms with Crippen molar-refractivity contribution in [1.82, 2.24) is 5.32 Å². The zero-order valence-electron chi connectivity index (χ0n) is 10.6. The zero-order chi connectivity index (χ0) is 13.8. The van der Waals surface area contributed by atoms with E-state index < -0.39 is 11.7 Å². The van der Waals surface area contributed by atoms with Crippen LogP contribution in [0.1, 0.15) is 27.4 Å². The lowest BCUT2D eigenvalue weighted by molar-refractivity contribution is 0.1000. The Morgan fingerprint density at radius 3 is 2.68 bits per heavy atom. The molecule has 0 atom stereocenters. The molecule has 0 radical (unpaired) electrons. The smallest absolute Gasteiger partial charge is 0.248 e. The molecule has 1 amide bonds. The number of rotatable bonds is 5. The van der Waals surface area contributed by atoms with Crippen molar-refractivity contribution in [3.8, 4) is 0 Å². The van der Waals surface area contributed by atoms with Crippen LogP contribution >= 0.6 is 0 Å². The van der Waals surface area contributed by atoms with Gasteiger partial charge in [0.15, 0.2) is 0 Å². The first kappa shape index (κ1) is 13.3. The molecular weight excluding hydrogens is 247 g/mol. The van der Waals surface area contributed by atoms with E-state index in [1.54, 1.807) is 6.07 Å². The number of nitrogens with one attached hydrogen (secondary N) is 1. The molecule has 1 heterocycles. The van der Waals surface area contributed by atoms with E-state index in [1.165, 1.54) is 6.07 Å². The van der Waals surface area contributed by atoms with Crippen LogP contribution in [-0.4, -0.2) is 5.91 Å². The number of amides is 1. The number of benzene rings is 1. The summed E-state index contributed by atoms with van der Waals surface area (Å²) in [4.78, 5) is 10.9. The Labute approximate surface area is 110 Å². The summed E-state index contributed by atoms with van der Waals surface area (Å²) in [5.74, 6) is 0.560. The molecule has 0 aliphatic carbocycles. The van der Waals surface area contributed by atoms with Gasteiger partial charge in [0.05, 0.1) is 6.54 Å². The Balaban J connectivity index is 1.94. The average molecular weight is 262 g/mol. The maximum absolute atomic E-state index is 13.7. The molecule has 3 N–H and O–H groups in total. The second kappa shape index (κ2) is 5.67. The summed E-state index contributed by atoms with van der Waals surface area (Å²) in [7, 11) is 0. The second-order valence-corrected chi connectivity index (χ2v) is 4.29.